The Balaban J connectivity index is 0. The predicted molar refractivity (Wildman–Crippen MR) is 43.8 cm³/mol. The lowest BCUT2D eigenvalue weighted by Gasteiger charge is -2.22. The molecule has 3 nitrogen and oxygen atoms in total. The molecule has 58 valence electrons. The molecule has 9 heavy (non-hydrogen) atoms. The van der Waals surface area contributed by atoms with E-state index in [0.717, 1.165) is 0 Å². The summed E-state index contributed by atoms with van der Waals surface area (Å²) in [6, 6.07) is 0. The van der Waals surface area contributed by atoms with Gasteiger partial charge in [-0.2, -0.15) is 0 Å². The summed E-state index contributed by atoms with van der Waals surface area (Å²) in [6.07, 6.45) is 0. The highest BCUT2D eigenvalue weighted by molar-refractivity contribution is 8.93. The molecule has 0 aromatic carbocycles. The first-order valence-corrected chi connectivity index (χ1v) is 2.70. The van der Waals surface area contributed by atoms with Crippen LogP contribution in [-0.2, 0) is 14.2 Å². The number of hydrogen-bond acceptors (Lipinski definition) is 3. The average Bonchev–Trinajstić information content (AvgIpc) is 1.87. The molecule has 0 heterocycles. The Hall–Kier alpha value is 0.790. The van der Waals surface area contributed by atoms with Crippen LogP contribution < -0.4 is 0 Å². The van der Waals surface area contributed by atoms with Crippen LogP contribution in [0.15, 0.2) is 0 Å². The fourth-order valence-electron chi connectivity index (χ4n) is 0.250. The molecule has 0 rings (SSSR count). The van der Waals surface area contributed by atoms with Crippen molar-refractivity contribution in [1.29, 1.82) is 0 Å². The van der Waals surface area contributed by atoms with Crippen molar-refractivity contribution in [2.24, 2.45) is 0 Å². The van der Waals surface area contributed by atoms with Gasteiger partial charge in [-0.25, -0.2) is 0 Å². The topological polar surface area (TPSA) is 27.7 Å². The van der Waals surface area contributed by atoms with Crippen LogP contribution in [0, 0.1) is 0 Å². The van der Waals surface area contributed by atoms with Gasteiger partial charge in [0.15, 0.2) is 0 Å². The first kappa shape index (κ1) is 12.5. The van der Waals surface area contributed by atoms with Crippen LogP contribution in [0.5, 0.6) is 0 Å². The molecule has 5 heteroatoms. The Morgan fingerprint density at radius 3 is 1.22 bits per heavy atom. The molecule has 0 saturated heterocycles. The fraction of sp³-hybridized carbons (Fsp3) is 1.00. The van der Waals surface area contributed by atoms with Crippen molar-refractivity contribution in [2.75, 3.05) is 21.3 Å². The SMILES string of the molecule is Br.COC(P)(OC)OC. The average molecular weight is 219 g/mol. The summed E-state index contributed by atoms with van der Waals surface area (Å²) >= 11 is 0. The standard InChI is InChI=1S/C4H11O3P.BrH/c1-5-4(8,6-2)7-3;/h8H2,1-3H3;1H. The zero-order valence-corrected chi connectivity index (χ0v) is 8.58. The van der Waals surface area contributed by atoms with Gasteiger partial charge in [-0.1, -0.05) is 0 Å². The number of rotatable bonds is 3. The van der Waals surface area contributed by atoms with E-state index in [1.165, 1.54) is 21.3 Å². The van der Waals surface area contributed by atoms with E-state index in [1.54, 1.807) is 0 Å². The van der Waals surface area contributed by atoms with Crippen LogP contribution >= 0.6 is 26.2 Å². The quantitative estimate of drug-likeness (QED) is 0.523. The Bertz CT molecular complexity index is 58.6. The highest BCUT2D eigenvalue weighted by Gasteiger charge is 2.20. The lowest BCUT2D eigenvalue weighted by atomic mass is 11.1. The minimum atomic E-state index is -0.958. The summed E-state index contributed by atoms with van der Waals surface area (Å²) in [4.78, 5) is 0. The highest BCUT2D eigenvalue weighted by atomic mass is 79.9. The monoisotopic (exact) mass is 218 g/mol. The van der Waals surface area contributed by atoms with E-state index >= 15 is 0 Å². The van der Waals surface area contributed by atoms with E-state index in [4.69, 9.17) is 14.2 Å². The minimum absolute atomic E-state index is 0. The molecule has 0 aromatic rings. The first-order valence-electron chi connectivity index (χ1n) is 2.13. The third-order valence-corrected chi connectivity index (χ3v) is 1.56. The Morgan fingerprint density at radius 1 is 1.00 bits per heavy atom. The molecule has 0 radical (unpaired) electrons. The second kappa shape index (κ2) is 5.57. The van der Waals surface area contributed by atoms with Crippen molar-refractivity contribution in [1.82, 2.24) is 0 Å². The van der Waals surface area contributed by atoms with Crippen LogP contribution in [0.1, 0.15) is 0 Å². The third-order valence-electron chi connectivity index (χ3n) is 0.854. The summed E-state index contributed by atoms with van der Waals surface area (Å²) in [6.45, 7) is 0. The summed E-state index contributed by atoms with van der Waals surface area (Å²) in [5.74, 6) is 0. The zero-order valence-electron chi connectivity index (χ0n) is 5.71. The Labute approximate surface area is 68.0 Å². The lowest BCUT2D eigenvalue weighted by molar-refractivity contribution is -0.285. The summed E-state index contributed by atoms with van der Waals surface area (Å²) in [5, 5.41) is 0. The number of methoxy groups -OCH3 is 3. The van der Waals surface area contributed by atoms with Crippen molar-refractivity contribution in [3.05, 3.63) is 0 Å². The second-order valence-corrected chi connectivity index (χ2v) is 1.92. The molecular formula is C4H12BrO3P. The van der Waals surface area contributed by atoms with E-state index in [-0.39, 0.29) is 17.0 Å². The van der Waals surface area contributed by atoms with E-state index in [1.807, 2.05) is 0 Å². The third kappa shape index (κ3) is 4.23. The van der Waals surface area contributed by atoms with Crippen molar-refractivity contribution in [3.8, 4) is 0 Å². The number of ether oxygens (including phenoxy) is 3. The second-order valence-electron chi connectivity index (χ2n) is 1.22. The van der Waals surface area contributed by atoms with E-state index in [0.29, 0.717) is 0 Å². The summed E-state index contributed by atoms with van der Waals surface area (Å²) in [5.41, 5.74) is -0.958. The predicted octanol–water partition coefficient (Wildman–Crippen LogP) is 0.990. The largest absolute Gasteiger partial charge is 0.328 e. The van der Waals surface area contributed by atoms with E-state index < -0.39 is 5.71 Å². The molecule has 0 aromatic heterocycles. The number of hydrogen-bond donors (Lipinski definition) is 0. The van der Waals surface area contributed by atoms with Gasteiger partial charge >= 0.3 is 0 Å². The maximum absolute atomic E-state index is 4.75. The molecule has 0 bridgehead atoms. The molecule has 1 atom stereocenters. The molecule has 0 aliphatic rings. The van der Waals surface area contributed by atoms with Crippen molar-refractivity contribution in [2.45, 2.75) is 5.71 Å². The van der Waals surface area contributed by atoms with Gasteiger partial charge < -0.3 is 14.2 Å². The normalized spacial score (nSPS) is 10.7. The zero-order chi connectivity index (χ0) is 6.62. The molecule has 0 aliphatic heterocycles. The van der Waals surface area contributed by atoms with Crippen LogP contribution in [0.2, 0.25) is 0 Å². The van der Waals surface area contributed by atoms with Crippen molar-refractivity contribution < 1.29 is 14.2 Å². The minimum Gasteiger partial charge on any atom is -0.328 e. The molecule has 0 N–H and O–H groups in total. The summed E-state index contributed by atoms with van der Waals surface area (Å²) < 4.78 is 14.3. The molecule has 0 fully saturated rings. The maximum Gasteiger partial charge on any atom is 0.294 e. The van der Waals surface area contributed by atoms with E-state index in [2.05, 4.69) is 9.24 Å². The lowest BCUT2D eigenvalue weighted by Crippen LogP contribution is -2.27. The van der Waals surface area contributed by atoms with Gasteiger partial charge in [0.25, 0.3) is 5.71 Å². The van der Waals surface area contributed by atoms with Gasteiger partial charge in [0, 0.05) is 21.3 Å². The van der Waals surface area contributed by atoms with Crippen molar-refractivity contribution >= 4 is 26.2 Å². The first-order chi connectivity index (χ1) is 3.68. The number of halogens is 1. The molecule has 1 unspecified atom stereocenters. The Kier molecular flexibility index (Phi) is 7.71. The fourth-order valence-corrected chi connectivity index (χ4v) is 0.250. The summed E-state index contributed by atoms with van der Waals surface area (Å²) in [7, 11) is 6.78. The Morgan fingerprint density at radius 2 is 1.22 bits per heavy atom. The van der Waals surface area contributed by atoms with Gasteiger partial charge in [-0.3, -0.25) is 0 Å². The van der Waals surface area contributed by atoms with Gasteiger partial charge in [0.1, 0.15) is 0 Å². The highest BCUT2D eigenvalue weighted by Crippen LogP contribution is 2.19. The molecule has 0 spiro atoms. The molecule has 0 saturated carbocycles. The van der Waals surface area contributed by atoms with Gasteiger partial charge in [-0.05, 0) is 9.24 Å². The van der Waals surface area contributed by atoms with Crippen LogP contribution in [0.4, 0.5) is 0 Å². The molecule has 0 aliphatic carbocycles. The van der Waals surface area contributed by atoms with Crippen LogP contribution in [0.3, 0.4) is 0 Å². The van der Waals surface area contributed by atoms with Crippen LogP contribution in [-0.4, -0.2) is 27.0 Å². The molecular weight excluding hydrogens is 207 g/mol. The smallest absolute Gasteiger partial charge is 0.294 e. The molecule has 0 amide bonds. The van der Waals surface area contributed by atoms with Gasteiger partial charge in [0.2, 0.25) is 0 Å². The van der Waals surface area contributed by atoms with Crippen molar-refractivity contribution in [3.63, 3.8) is 0 Å². The van der Waals surface area contributed by atoms with Gasteiger partial charge in [0.05, 0.1) is 0 Å². The van der Waals surface area contributed by atoms with Gasteiger partial charge in [-0.15, -0.1) is 17.0 Å². The van der Waals surface area contributed by atoms with Crippen LogP contribution in [0.25, 0.3) is 0 Å². The van der Waals surface area contributed by atoms with E-state index in [9.17, 15) is 0 Å². The maximum atomic E-state index is 4.75.